The summed E-state index contributed by atoms with van der Waals surface area (Å²) in [5.74, 6) is -0.549. The van der Waals surface area contributed by atoms with Crippen molar-refractivity contribution >= 4 is 23.1 Å². The number of nitrogens with zero attached hydrogens (tertiary/aromatic N) is 1. The van der Waals surface area contributed by atoms with E-state index in [4.69, 9.17) is 9.47 Å². The fraction of sp³-hybridized carbons (Fsp3) is 0.241. The first-order valence-electron chi connectivity index (χ1n) is 11.5. The molecule has 1 saturated heterocycles. The average molecular weight is 472 g/mol. The topological polar surface area (TPSA) is 76.1 Å². The number of aryl methyl sites for hydroxylation is 2. The highest BCUT2D eigenvalue weighted by atomic mass is 16.5. The van der Waals surface area contributed by atoms with Crippen molar-refractivity contribution in [1.82, 2.24) is 0 Å². The summed E-state index contributed by atoms with van der Waals surface area (Å²) in [5, 5.41) is 11.4. The van der Waals surface area contributed by atoms with Crippen LogP contribution in [0.15, 0.2) is 72.3 Å². The number of aliphatic hydroxyl groups is 1. The molecule has 6 nitrogen and oxygen atoms in total. The van der Waals surface area contributed by atoms with Gasteiger partial charge in [-0.25, -0.2) is 0 Å². The van der Waals surface area contributed by atoms with E-state index >= 15 is 0 Å². The van der Waals surface area contributed by atoms with Gasteiger partial charge in [0, 0.05) is 11.3 Å². The molecular weight excluding hydrogens is 442 g/mol. The third kappa shape index (κ3) is 4.78. The Bertz CT molecular complexity index is 1300. The van der Waals surface area contributed by atoms with Crippen LogP contribution in [-0.2, 0) is 9.59 Å². The van der Waals surface area contributed by atoms with Gasteiger partial charge in [-0.1, -0.05) is 30.3 Å². The van der Waals surface area contributed by atoms with Crippen LogP contribution in [0.3, 0.4) is 0 Å². The number of anilines is 1. The summed E-state index contributed by atoms with van der Waals surface area (Å²) in [4.78, 5) is 28.3. The van der Waals surface area contributed by atoms with E-state index in [1.165, 1.54) is 4.90 Å². The summed E-state index contributed by atoms with van der Waals surface area (Å²) in [7, 11) is 1.56. The predicted octanol–water partition coefficient (Wildman–Crippen LogP) is 5.73. The number of rotatable bonds is 6. The van der Waals surface area contributed by atoms with Gasteiger partial charge in [-0.15, -0.1) is 0 Å². The van der Waals surface area contributed by atoms with Gasteiger partial charge >= 0.3 is 0 Å². The SMILES string of the molecule is COc1cccc(C2/C(=C(\O)c3cccc(OC(C)C)c3)C(=O)C(=O)N2c2cc(C)cc(C)c2)c1. The third-order valence-corrected chi connectivity index (χ3v) is 5.82. The van der Waals surface area contributed by atoms with Gasteiger partial charge in [0.05, 0.1) is 24.8 Å². The van der Waals surface area contributed by atoms with Crippen molar-refractivity contribution in [3.8, 4) is 11.5 Å². The van der Waals surface area contributed by atoms with Crippen molar-refractivity contribution in [3.63, 3.8) is 0 Å². The molecule has 1 atom stereocenters. The van der Waals surface area contributed by atoms with Crippen LogP contribution in [0.2, 0.25) is 0 Å². The number of methoxy groups -OCH3 is 1. The summed E-state index contributed by atoms with van der Waals surface area (Å²) in [6, 6.07) is 19.0. The summed E-state index contributed by atoms with van der Waals surface area (Å²) in [5.41, 5.74) is 3.58. The van der Waals surface area contributed by atoms with Crippen LogP contribution in [0, 0.1) is 13.8 Å². The number of hydrogen-bond acceptors (Lipinski definition) is 5. The van der Waals surface area contributed by atoms with E-state index in [9.17, 15) is 14.7 Å². The maximum absolute atomic E-state index is 13.4. The van der Waals surface area contributed by atoms with Gasteiger partial charge in [0.15, 0.2) is 0 Å². The van der Waals surface area contributed by atoms with Crippen LogP contribution < -0.4 is 14.4 Å². The first kappa shape index (κ1) is 24.1. The Kier molecular flexibility index (Phi) is 6.65. The van der Waals surface area contributed by atoms with Crippen LogP contribution >= 0.6 is 0 Å². The lowest BCUT2D eigenvalue weighted by Gasteiger charge is -2.26. The maximum Gasteiger partial charge on any atom is 0.300 e. The summed E-state index contributed by atoms with van der Waals surface area (Å²) in [6.07, 6.45) is -0.0562. The zero-order chi connectivity index (χ0) is 25.3. The van der Waals surface area contributed by atoms with Gasteiger partial charge in [-0.3, -0.25) is 14.5 Å². The van der Waals surface area contributed by atoms with E-state index in [0.29, 0.717) is 28.3 Å². The second kappa shape index (κ2) is 9.66. The molecule has 0 spiro atoms. The van der Waals surface area contributed by atoms with E-state index in [-0.39, 0.29) is 17.4 Å². The van der Waals surface area contributed by atoms with E-state index in [2.05, 4.69) is 0 Å². The highest BCUT2D eigenvalue weighted by Gasteiger charge is 2.47. The molecule has 1 unspecified atom stereocenters. The molecular formula is C29H29NO5. The lowest BCUT2D eigenvalue weighted by molar-refractivity contribution is -0.132. The van der Waals surface area contributed by atoms with Gasteiger partial charge in [0.2, 0.25) is 0 Å². The van der Waals surface area contributed by atoms with Gasteiger partial charge in [-0.2, -0.15) is 0 Å². The molecule has 1 N–H and O–H groups in total. The minimum atomic E-state index is -0.832. The lowest BCUT2D eigenvalue weighted by Crippen LogP contribution is -2.29. The summed E-state index contributed by atoms with van der Waals surface area (Å²) >= 11 is 0. The number of ketones is 1. The Hall–Kier alpha value is -4.06. The van der Waals surface area contributed by atoms with Crippen LogP contribution in [0.1, 0.15) is 42.1 Å². The molecule has 3 aromatic rings. The highest BCUT2D eigenvalue weighted by Crippen LogP contribution is 2.43. The highest BCUT2D eigenvalue weighted by molar-refractivity contribution is 6.51. The smallest absolute Gasteiger partial charge is 0.300 e. The van der Waals surface area contributed by atoms with Crippen molar-refractivity contribution in [2.75, 3.05) is 12.0 Å². The molecule has 1 heterocycles. The lowest BCUT2D eigenvalue weighted by atomic mass is 9.94. The second-order valence-electron chi connectivity index (χ2n) is 8.99. The van der Waals surface area contributed by atoms with Gasteiger partial charge in [-0.05, 0) is 80.8 Å². The standard InChI is InChI=1S/C29H29NO5/c1-17(2)35-24-11-7-9-21(16-24)27(31)25-26(20-8-6-10-23(15-20)34-5)30(29(33)28(25)32)22-13-18(3)12-19(4)14-22/h6-17,26,31H,1-5H3/b27-25+. The fourth-order valence-corrected chi connectivity index (χ4v) is 4.46. The number of aliphatic hydroxyl groups excluding tert-OH is 1. The van der Waals surface area contributed by atoms with E-state index < -0.39 is 17.7 Å². The van der Waals surface area contributed by atoms with Crippen molar-refractivity contribution < 1.29 is 24.2 Å². The van der Waals surface area contributed by atoms with E-state index in [0.717, 1.165) is 11.1 Å². The molecule has 1 amide bonds. The molecule has 180 valence electrons. The van der Waals surface area contributed by atoms with Crippen molar-refractivity contribution in [2.45, 2.75) is 39.8 Å². The van der Waals surface area contributed by atoms with Gasteiger partial charge in [0.25, 0.3) is 11.7 Å². The third-order valence-electron chi connectivity index (χ3n) is 5.82. The molecule has 0 aliphatic carbocycles. The molecule has 0 aromatic heterocycles. The van der Waals surface area contributed by atoms with Gasteiger partial charge < -0.3 is 14.6 Å². The minimum Gasteiger partial charge on any atom is -0.507 e. The molecule has 4 rings (SSSR count). The van der Waals surface area contributed by atoms with Crippen LogP contribution in [0.4, 0.5) is 5.69 Å². The van der Waals surface area contributed by atoms with E-state index in [1.54, 1.807) is 49.6 Å². The van der Waals surface area contributed by atoms with Crippen molar-refractivity contribution in [3.05, 3.63) is 94.6 Å². The molecule has 0 saturated carbocycles. The Balaban J connectivity index is 1.94. The Morgan fingerprint density at radius 1 is 0.914 bits per heavy atom. The van der Waals surface area contributed by atoms with Crippen LogP contribution in [0.25, 0.3) is 5.76 Å². The minimum absolute atomic E-state index is 0.0177. The van der Waals surface area contributed by atoms with Crippen molar-refractivity contribution in [1.29, 1.82) is 0 Å². The molecule has 3 aromatic carbocycles. The Morgan fingerprint density at radius 3 is 2.23 bits per heavy atom. The number of Topliss-reactive ketones (excluding diaryl/α,β-unsaturated/α-hetero) is 1. The number of hydrogen-bond donors (Lipinski definition) is 1. The second-order valence-corrected chi connectivity index (χ2v) is 8.99. The molecule has 6 heteroatoms. The number of benzene rings is 3. The first-order chi connectivity index (χ1) is 16.7. The van der Waals surface area contributed by atoms with E-state index in [1.807, 2.05) is 52.0 Å². The molecule has 1 aliphatic rings. The first-order valence-corrected chi connectivity index (χ1v) is 11.5. The Labute approximate surface area is 205 Å². The molecule has 1 aliphatic heterocycles. The molecule has 0 radical (unpaired) electrons. The zero-order valence-corrected chi connectivity index (χ0v) is 20.5. The summed E-state index contributed by atoms with van der Waals surface area (Å²) < 4.78 is 11.2. The van der Waals surface area contributed by atoms with Gasteiger partial charge in [0.1, 0.15) is 17.3 Å². The largest absolute Gasteiger partial charge is 0.507 e. The maximum atomic E-state index is 13.4. The Morgan fingerprint density at radius 2 is 1.57 bits per heavy atom. The monoisotopic (exact) mass is 471 g/mol. The van der Waals surface area contributed by atoms with Crippen molar-refractivity contribution in [2.24, 2.45) is 0 Å². The quantitative estimate of drug-likeness (QED) is 0.282. The number of amides is 1. The average Bonchev–Trinajstić information content (AvgIpc) is 3.08. The fourth-order valence-electron chi connectivity index (χ4n) is 4.46. The number of carbonyl (C=O) groups is 2. The molecule has 35 heavy (non-hydrogen) atoms. The number of carbonyl (C=O) groups excluding carboxylic acids is 2. The predicted molar refractivity (Wildman–Crippen MR) is 136 cm³/mol. The van der Waals surface area contributed by atoms with Crippen LogP contribution in [0.5, 0.6) is 11.5 Å². The van der Waals surface area contributed by atoms with Crippen LogP contribution in [-0.4, -0.2) is 30.0 Å². The zero-order valence-electron chi connectivity index (χ0n) is 20.5. The molecule has 0 bridgehead atoms. The summed E-state index contributed by atoms with van der Waals surface area (Å²) in [6.45, 7) is 7.69. The molecule has 1 fully saturated rings. The normalized spacial score (nSPS) is 17.2. The number of ether oxygens (including phenoxy) is 2.